The SMILES string of the molecule is O=C(CNC(=O)C1CCCN(c2ncccn2)C1)Nc1ccc(F)c(F)c1F. The van der Waals surface area contributed by atoms with Gasteiger partial charge in [-0.1, -0.05) is 0 Å². The molecule has 0 bridgehead atoms. The van der Waals surface area contributed by atoms with Gasteiger partial charge in [-0.2, -0.15) is 0 Å². The number of benzene rings is 1. The molecule has 0 spiro atoms. The number of anilines is 2. The van der Waals surface area contributed by atoms with Gasteiger partial charge in [-0.05, 0) is 31.0 Å². The zero-order chi connectivity index (χ0) is 20.1. The Kier molecular flexibility index (Phi) is 6.07. The van der Waals surface area contributed by atoms with E-state index in [9.17, 15) is 22.8 Å². The number of rotatable bonds is 5. The average molecular weight is 393 g/mol. The Morgan fingerprint density at radius 2 is 1.89 bits per heavy atom. The van der Waals surface area contributed by atoms with Crippen LogP contribution in [0.25, 0.3) is 0 Å². The number of halogens is 3. The highest BCUT2D eigenvalue weighted by atomic mass is 19.2. The van der Waals surface area contributed by atoms with Crippen molar-refractivity contribution in [3.63, 3.8) is 0 Å². The summed E-state index contributed by atoms with van der Waals surface area (Å²) in [4.78, 5) is 34.5. The van der Waals surface area contributed by atoms with Crippen molar-refractivity contribution in [1.82, 2.24) is 15.3 Å². The van der Waals surface area contributed by atoms with E-state index in [0.717, 1.165) is 19.0 Å². The number of hydrogen-bond acceptors (Lipinski definition) is 5. The monoisotopic (exact) mass is 393 g/mol. The maximum atomic E-state index is 13.6. The minimum atomic E-state index is -1.67. The molecule has 0 aliphatic carbocycles. The fourth-order valence-electron chi connectivity index (χ4n) is 2.96. The molecule has 0 radical (unpaired) electrons. The van der Waals surface area contributed by atoms with E-state index in [1.807, 2.05) is 4.90 Å². The number of hydrogen-bond donors (Lipinski definition) is 2. The van der Waals surface area contributed by atoms with Gasteiger partial charge in [0, 0.05) is 25.5 Å². The van der Waals surface area contributed by atoms with Gasteiger partial charge in [0.15, 0.2) is 17.5 Å². The highest BCUT2D eigenvalue weighted by molar-refractivity contribution is 5.95. The normalized spacial score (nSPS) is 16.5. The second kappa shape index (κ2) is 8.68. The van der Waals surface area contributed by atoms with Crippen molar-refractivity contribution in [2.24, 2.45) is 5.92 Å². The van der Waals surface area contributed by atoms with Crippen molar-refractivity contribution in [2.75, 3.05) is 29.9 Å². The molecule has 28 heavy (non-hydrogen) atoms. The molecule has 2 N–H and O–H groups in total. The number of nitrogens with zero attached hydrogens (tertiary/aromatic N) is 3. The summed E-state index contributed by atoms with van der Waals surface area (Å²) in [7, 11) is 0. The summed E-state index contributed by atoms with van der Waals surface area (Å²) in [6.45, 7) is 0.717. The minimum absolute atomic E-state index is 0.332. The van der Waals surface area contributed by atoms with Crippen molar-refractivity contribution in [3.8, 4) is 0 Å². The van der Waals surface area contributed by atoms with Crippen molar-refractivity contribution in [3.05, 3.63) is 48.0 Å². The molecule has 1 aliphatic rings. The summed E-state index contributed by atoms with van der Waals surface area (Å²) >= 11 is 0. The van der Waals surface area contributed by atoms with E-state index in [-0.39, 0.29) is 11.8 Å². The van der Waals surface area contributed by atoms with Crippen molar-refractivity contribution < 1.29 is 22.8 Å². The lowest BCUT2D eigenvalue weighted by molar-refractivity contribution is -0.127. The van der Waals surface area contributed by atoms with E-state index >= 15 is 0 Å². The van der Waals surface area contributed by atoms with E-state index in [2.05, 4.69) is 20.6 Å². The molecule has 1 aliphatic heterocycles. The van der Waals surface area contributed by atoms with Crippen LogP contribution in [-0.2, 0) is 9.59 Å². The highest BCUT2D eigenvalue weighted by Gasteiger charge is 2.27. The van der Waals surface area contributed by atoms with E-state index in [1.165, 1.54) is 0 Å². The lowest BCUT2D eigenvalue weighted by atomic mass is 9.97. The number of amides is 2. The summed E-state index contributed by atoms with van der Waals surface area (Å²) in [5.74, 6) is -5.43. The van der Waals surface area contributed by atoms with Crippen LogP contribution in [0.5, 0.6) is 0 Å². The largest absolute Gasteiger partial charge is 0.347 e. The molecule has 1 aromatic heterocycles. The first-order chi connectivity index (χ1) is 13.5. The molecular formula is C18H18F3N5O2. The van der Waals surface area contributed by atoms with Gasteiger partial charge in [0.25, 0.3) is 0 Å². The maximum absolute atomic E-state index is 13.6. The van der Waals surface area contributed by atoms with Gasteiger partial charge in [-0.25, -0.2) is 23.1 Å². The molecule has 2 heterocycles. The zero-order valence-corrected chi connectivity index (χ0v) is 14.8. The van der Waals surface area contributed by atoms with Crippen LogP contribution in [0.15, 0.2) is 30.6 Å². The smallest absolute Gasteiger partial charge is 0.243 e. The fourth-order valence-corrected chi connectivity index (χ4v) is 2.96. The van der Waals surface area contributed by atoms with Gasteiger partial charge in [-0.3, -0.25) is 9.59 Å². The lowest BCUT2D eigenvalue weighted by Gasteiger charge is -2.31. The lowest BCUT2D eigenvalue weighted by Crippen LogP contribution is -2.45. The minimum Gasteiger partial charge on any atom is -0.347 e. The van der Waals surface area contributed by atoms with E-state index in [0.29, 0.717) is 25.0 Å². The molecule has 3 rings (SSSR count). The molecule has 10 heteroatoms. The molecule has 1 saturated heterocycles. The molecule has 7 nitrogen and oxygen atoms in total. The number of carbonyl (C=O) groups excluding carboxylic acids is 2. The first-order valence-electron chi connectivity index (χ1n) is 8.68. The van der Waals surface area contributed by atoms with E-state index in [1.54, 1.807) is 18.5 Å². The molecule has 1 unspecified atom stereocenters. The summed E-state index contributed by atoms with van der Waals surface area (Å²) in [6, 6.07) is 3.31. The van der Waals surface area contributed by atoms with Gasteiger partial charge < -0.3 is 15.5 Å². The Hall–Kier alpha value is -3.17. The zero-order valence-electron chi connectivity index (χ0n) is 14.8. The molecule has 1 fully saturated rings. The van der Waals surface area contributed by atoms with Crippen LogP contribution in [0.4, 0.5) is 24.8 Å². The van der Waals surface area contributed by atoms with Crippen LogP contribution in [0, 0.1) is 23.4 Å². The second-order valence-corrected chi connectivity index (χ2v) is 6.32. The van der Waals surface area contributed by atoms with Crippen LogP contribution >= 0.6 is 0 Å². The van der Waals surface area contributed by atoms with Gasteiger partial charge in [0.2, 0.25) is 17.8 Å². The van der Waals surface area contributed by atoms with Gasteiger partial charge in [0.05, 0.1) is 18.2 Å². The van der Waals surface area contributed by atoms with Crippen LogP contribution in [0.3, 0.4) is 0 Å². The van der Waals surface area contributed by atoms with Gasteiger partial charge in [0.1, 0.15) is 0 Å². The maximum Gasteiger partial charge on any atom is 0.243 e. The van der Waals surface area contributed by atoms with Crippen LogP contribution < -0.4 is 15.5 Å². The second-order valence-electron chi connectivity index (χ2n) is 6.32. The molecule has 2 amide bonds. The summed E-state index contributed by atoms with van der Waals surface area (Å²) in [6.07, 6.45) is 4.65. The van der Waals surface area contributed by atoms with Gasteiger partial charge in [-0.15, -0.1) is 0 Å². The Labute approximate surface area is 159 Å². The Morgan fingerprint density at radius 1 is 1.14 bits per heavy atom. The number of piperidine rings is 1. The predicted octanol–water partition coefficient (Wildman–Crippen LogP) is 1.87. The molecule has 148 valence electrons. The molecule has 2 aromatic rings. The van der Waals surface area contributed by atoms with Crippen LogP contribution in [0.2, 0.25) is 0 Å². The van der Waals surface area contributed by atoms with Crippen molar-refractivity contribution in [2.45, 2.75) is 12.8 Å². The first-order valence-corrected chi connectivity index (χ1v) is 8.68. The molecule has 1 atom stereocenters. The number of carbonyl (C=O) groups is 2. The van der Waals surface area contributed by atoms with Crippen molar-refractivity contribution >= 4 is 23.5 Å². The fraction of sp³-hybridized carbons (Fsp3) is 0.333. The Morgan fingerprint density at radius 3 is 2.64 bits per heavy atom. The summed E-state index contributed by atoms with van der Waals surface area (Å²) in [5.41, 5.74) is -0.497. The van der Waals surface area contributed by atoms with Crippen LogP contribution in [-0.4, -0.2) is 41.4 Å². The predicted molar refractivity (Wildman–Crippen MR) is 94.9 cm³/mol. The molecule has 0 saturated carbocycles. The van der Waals surface area contributed by atoms with Crippen molar-refractivity contribution in [1.29, 1.82) is 0 Å². The third-order valence-corrected chi connectivity index (χ3v) is 4.36. The van der Waals surface area contributed by atoms with Crippen LogP contribution in [0.1, 0.15) is 12.8 Å². The average Bonchev–Trinajstić information content (AvgIpc) is 2.73. The molecular weight excluding hydrogens is 375 g/mol. The number of aromatic nitrogens is 2. The third kappa shape index (κ3) is 4.56. The topological polar surface area (TPSA) is 87.2 Å². The Balaban J connectivity index is 1.52. The standard InChI is InChI=1S/C18H18F3N5O2/c19-12-4-5-13(16(21)15(12)20)25-14(27)9-24-17(28)11-3-1-8-26(10-11)18-22-6-2-7-23-18/h2,4-7,11H,1,3,8-10H2,(H,24,28)(H,25,27). The molecule has 1 aromatic carbocycles. The summed E-state index contributed by atoms with van der Waals surface area (Å²) in [5, 5.41) is 4.59. The number of nitrogens with one attached hydrogen (secondary N) is 2. The van der Waals surface area contributed by atoms with E-state index < -0.39 is 35.6 Å². The third-order valence-electron chi connectivity index (χ3n) is 4.36. The van der Waals surface area contributed by atoms with Gasteiger partial charge >= 0.3 is 0 Å². The summed E-state index contributed by atoms with van der Waals surface area (Å²) < 4.78 is 39.7. The quantitative estimate of drug-likeness (QED) is 0.758. The Bertz CT molecular complexity index is 866. The first kappa shape index (κ1) is 19.6. The van der Waals surface area contributed by atoms with E-state index in [4.69, 9.17) is 0 Å². The highest BCUT2D eigenvalue weighted by Crippen LogP contribution is 2.21.